The van der Waals surface area contributed by atoms with E-state index in [0.717, 1.165) is 12.2 Å². The van der Waals surface area contributed by atoms with Crippen molar-refractivity contribution in [2.24, 2.45) is 0 Å². The molecule has 1 unspecified atom stereocenters. The Morgan fingerprint density at radius 3 is 2.88 bits per heavy atom. The number of hydrogen-bond donors (Lipinski definition) is 2. The standard InChI is InChI=1S/C10H17N5OS/c1-7(2)15-9(16)13-14-10(15)17-5-4-8(6-11)12-3/h7-8,12H,4-5H2,1-3H3,(H,13,16). The van der Waals surface area contributed by atoms with Gasteiger partial charge in [-0.3, -0.25) is 4.57 Å². The number of nitriles is 1. The molecular formula is C10H17N5OS. The SMILES string of the molecule is CNC(C#N)CCSc1n[nH]c(=O)n1C(C)C. The fourth-order valence-electron chi connectivity index (χ4n) is 1.39. The lowest BCUT2D eigenvalue weighted by molar-refractivity contribution is 0.533. The van der Waals surface area contributed by atoms with E-state index in [4.69, 9.17) is 5.26 Å². The maximum absolute atomic E-state index is 11.5. The molecule has 0 saturated carbocycles. The van der Waals surface area contributed by atoms with Crippen molar-refractivity contribution in [3.05, 3.63) is 10.5 Å². The lowest BCUT2D eigenvalue weighted by Gasteiger charge is -2.09. The van der Waals surface area contributed by atoms with Gasteiger partial charge < -0.3 is 5.32 Å². The summed E-state index contributed by atoms with van der Waals surface area (Å²) in [5.74, 6) is 0.746. The van der Waals surface area contributed by atoms with Crippen LogP contribution in [0.25, 0.3) is 0 Å². The van der Waals surface area contributed by atoms with Crippen molar-refractivity contribution in [1.29, 1.82) is 5.26 Å². The van der Waals surface area contributed by atoms with Crippen molar-refractivity contribution >= 4 is 11.8 Å². The molecule has 0 bridgehead atoms. The Balaban J connectivity index is 2.59. The summed E-state index contributed by atoms with van der Waals surface area (Å²) in [4.78, 5) is 11.5. The summed E-state index contributed by atoms with van der Waals surface area (Å²) in [6, 6.07) is 2.09. The Labute approximate surface area is 104 Å². The first-order chi connectivity index (χ1) is 8.10. The average molecular weight is 255 g/mol. The molecule has 0 aliphatic carbocycles. The highest BCUT2D eigenvalue weighted by atomic mass is 32.2. The monoisotopic (exact) mass is 255 g/mol. The maximum atomic E-state index is 11.5. The van der Waals surface area contributed by atoms with E-state index in [0.29, 0.717) is 5.16 Å². The fraction of sp³-hybridized carbons (Fsp3) is 0.700. The minimum Gasteiger partial charge on any atom is -0.305 e. The summed E-state index contributed by atoms with van der Waals surface area (Å²) in [5, 5.41) is 18.8. The predicted octanol–water partition coefficient (Wildman–Crippen LogP) is 0.746. The number of nitrogens with one attached hydrogen (secondary N) is 2. The van der Waals surface area contributed by atoms with Gasteiger partial charge in [-0.15, -0.1) is 5.10 Å². The van der Waals surface area contributed by atoms with Gasteiger partial charge in [0.25, 0.3) is 0 Å². The molecule has 0 aliphatic heterocycles. The van der Waals surface area contributed by atoms with Gasteiger partial charge in [-0.05, 0) is 27.3 Å². The van der Waals surface area contributed by atoms with Gasteiger partial charge in [-0.1, -0.05) is 11.8 Å². The molecule has 17 heavy (non-hydrogen) atoms. The summed E-state index contributed by atoms with van der Waals surface area (Å²) in [7, 11) is 1.76. The molecule has 0 fully saturated rings. The second-order valence-electron chi connectivity index (χ2n) is 3.88. The fourth-order valence-corrected chi connectivity index (χ4v) is 2.47. The molecule has 1 aromatic rings. The van der Waals surface area contributed by atoms with E-state index >= 15 is 0 Å². The van der Waals surface area contributed by atoms with E-state index in [1.165, 1.54) is 11.8 Å². The second kappa shape index (κ2) is 6.47. The largest absolute Gasteiger partial charge is 0.344 e. The quantitative estimate of drug-likeness (QED) is 0.732. The van der Waals surface area contributed by atoms with E-state index in [9.17, 15) is 4.79 Å². The number of aromatic nitrogens is 3. The summed E-state index contributed by atoms with van der Waals surface area (Å²) in [5.41, 5.74) is -0.187. The highest BCUT2D eigenvalue weighted by Gasteiger charge is 2.12. The Hall–Kier alpha value is -1.26. The molecule has 6 nitrogen and oxygen atoms in total. The van der Waals surface area contributed by atoms with Crippen LogP contribution in [0, 0.1) is 11.3 Å². The smallest absolute Gasteiger partial charge is 0.305 e. The zero-order chi connectivity index (χ0) is 12.8. The molecule has 0 radical (unpaired) electrons. The molecule has 0 aromatic carbocycles. The number of thioether (sulfide) groups is 1. The Morgan fingerprint density at radius 1 is 1.65 bits per heavy atom. The van der Waals surface area contributed by atoms with Crippen LogP contribution in [0.3, 0.4) is 0 Å². The third-order valence-electron chi connectivity index (χ3n) is 2.33. The van der Waals surface area contributed by atoms with Crippen molar-refractivity contribution < 1.29 is 0 Å². The summed E-state index contributed by atoms with van der Waals surface area (Å²) in [6.07, 6.45) is 0.719. The first-order valence-electron chi connectivity index (χ1n) is 5.46. The van der Waals surface area contributed by atoms with Crippen LogP contribution in [-0.2, 0) is 0 Å². The number of nitrogens with zero attached hydrogens (tertiary/aromatic N) is 3. The van der Waals surface area contributed by atoms with Crippen molar-refractivity contribution in [3.8, 4) is 6.07 Å². The minimum absolute atomic E-state index is 0.0832. The van der Waals surface area contributed by atoms with Gasteiger partial charge in [-0.2, -0.15) is 5.26 Å². The Bertz CT molecular complexity index is 444. The van der Waals surface area contributed by atoms with Crippen LogP contribution in [0.15, 0.2) is 9.95 Å². The molecule has 1 rings (SSSR count). The highest BCUT2D eigenvalue weighted by molar-refractivity contribution is 7.99. The van der Waals surface area contributed by atoms with E-state index in [2.05, 4.69) is 21.6 Å². The Kier molecular flexibility index (Phi) is 5.25. The van der Waals surface area contributed by atoms with Crippen molar-refractivity contribution in [1.82, 2.24) is 20.1 Å². The Morgan fingerprint density at radius 2 is 2.35 bits per heavy atom. The lowest BCUT2D eigenvalue weighted by Crippen LogP contribution is -2.23. The van der Waals surface area contributed by atoms with Crippen LogP contribution >= 0.6 is 11.8 Å². The first-order valence-corrected chi connectivity index (χ1v) is 6.45. The molecule has 1 heterocycles. The van der Waals surface area contributed by atoms with Gasteiger partial charge >= 0.3 is 5.69 Å². The topological polar surface area (TPSA) is 86.5 Å². The van der Waals surface area contributed by atoms with Gasteiger partial charge in [-0.25, -0.2) is 9.89 Å². The van der Waals surface area contributed by atoms with Gasteiger partial charge in [0.05, 0.1) is 12.1 Å². The normalized spacial score (nSPS) is 12.6. The van der Waals surface area contributed by atoms with Gasteiger partial charge in [0.1, 0.15) is 0 Å². The summed E-state index contributed by atoms with van der Waals surface area (Å²) >= 11 is 1.48. The van der Waals surface area contributed by atoms with E-state index < -0.39 is 0 Å². The minimum atomic E-state index is -0.187. The van der Waals surface area contributed by atoms with Crippen molar-refractivity contribution in [3.63, 3.8) is 0 Å². The molecule has 2 N–H and O–H groups in total. The number of aromatic amines is 1. The third-order valence-corrected chi connectivity index (χ3v) is 3.32. The molecule has 94 valence electrons. The number of hydrogen-bond acceptors (Lipinski definition) is 5. The highest BCUT2D eigenvalue weighted by Crippen LogP contribution is 2.17. The van der Waals surface area contributed by atoms with Gasteiger partial charge in [0.2, 0.25) is 0 Å². The van der Waals surface area contributed by atoms with Crippen molar-refractivity contribution in [2.45, 2.75) is 37.5 Å². The molecule has 0 aliphatic rings. The lowest BCUT2D eigenvalue weighted by atomic mass is 10.3. The molecule has 7 heteroatoms. The average Bonchev–Trinajstić information content (AvgIpc) is 2.66. The van der Waals surface area contributed by atoms with Crippen LogP contribution in [0.5, 0.6) is 0 Å². The van der Waals surface area contributed by atoms with Crippen LogP contribution in [0.2, 0.25) is 0 Å². The van der Waals surface area contributed by atoms with Crippen LogP contribution < -0.4 is 11.0 Å². The van der Waals surface area contributed by atoms with Crippen LogP contribution in [-0.4, -0.2) is 33.6 Å². The second-order valence-corrected chi connectivity index (χ2v) is 4.94. The molecule has 1 aromatic heterocycles. The molecular weight excluding hydrogens is 238 g/mol. The third kappa shape index (κ3) is 3.61. The van der Waals surface area contributed by atoms with E-state index in [1.54, 1.807) is 11.6 Å². The van der Waals surface area contributed by atoms with Gasteiger partial charge in [0, 0.05) is 11.8 Å². The molecule has 0 spiro atoms. The molecule has 1 atom stereocenters. The zero-order valence-electron chi connectivity index (χ0n) is 10.2. The first kappa shape index (κ1) is 13.8. The van der Waals surface area contributed by atoms with Gasteiger partial charge in [0.15, 0.2) is 5.16 Å². The molecule has 0 amide bonds. The van der Waals surface area contributed by atoms with E-state index in [-0.39, 0.29) is 17.8 Å². The maximum Gasteiger partial charge on any atom is 0.344 e. The van der Waals surface area contributed by atoms with E-state index in [1.807, 2.05) is 13.8 Å². The zero-order valence-corrected chi connectivity index (χ0v) is 11.0. The number of H-pyrrole nitrogens is 1. The van der Waals surface area contributed by atoms with Crippen LogP contribution in [0.4, 0.5) is 0 Å². The summed E-state index contributed by atoms with van der Waals surface area (Å²) < 4.78 is 1.62. The predicted molar refractivity (Wildman–Crippen MR) is 67.0 cm³/mol. The van der Waals surface area contributed by atoms with Crippen LogP contribution in [0.1, 0.15) is 26.3 Å². The van der Waals surface area contributed by atoms with Crippen molar-refractivity contribution in [2.75, 3.05) is 12.8 Å². The summed E-state index contributed by atoms with van der Waals surface area (Å²) in [6.45, 7) is 3.87. The molecule has 0 saturated heterocycles. The number of rotatable bonds is 6.